The number of para-hydroxylation sites is 1. The van der Waals surface area contributed by atoms with E-state index in [0.29, 0.717) is 43.3 Å². The number of amides is 2. The molecular formula is C27H36N4O4. The predicted octanol–water partition coefficient (Wildman–Crippen LogP) is 3.53. The number of benzene rings is 1. The molecule has 1 atom stereocenters. The smallest absolute Gasteiger partial charge is 0.274 e. The second-order valence-electron chi connectivity index (χ2n) is 10.3. The van der Waals surface area contributed by atoms with Gasteiger partial charge in [-0.3, -0.25) is 9.59 Å². The van der Waals surface area contributed by atoms with Crippen LogP contribution in [0, 0.1) is 5.41 Å². The zero-order chi connectivity index (χ0) is 24.3. The topological polar surface area (TPSA) is 76.9 Å². The van der Waals surface area contributed by atoms with Crippen LogP contribution in [-0.4, -0.2) is 76.7 Å². The van der Waals surface area contributed by atoms with Crippen molar-refractivity contribution in [3.8, 4) is 5.75 Å². The lowest BCUT2D eigenvalue weighted by Crippen LogP contribution is -2.46. The standard InChI is InChI=1S/C27H36N4O4/c1-29-17-23(28-20-29)26(33)30-14-11-27(12-15-30)10-4-5-16-34-18-21-7-6-13-31(21)25(32)22-8-2-3-9-24(22)35-19-27/h2-3,8-9,17,20-21H,4-7,10-16,18-19H2,1H3/t21-/m0/s1. The lowest BCUT2D eigenvalue weighted by molar-refractivity contribution is 0.0301. The number of imidazole rings is 1. The largest absolute Gasteiger partial charge is 0.492 e. The molecule has 3 aliphatic heterocycles. The molecule has 0 unspecified atom stereocenters. The Kier molecular flexibility index (Phi) is 7.09. The maximum absolute atomic E-state index is 13.4. The van der Waals surface area contributed by atoms with Crippen LogP contribution >= 0.6 is 0 Å². The molecule has 0 aliphatic carbocycles. The van der Waals surface area contributed by atoms with Crippen LogP contribution in [0.1, 0.15) is 65.8 Å². The molecule has 35 heavy (non-hydrogen) atoms. The molecule has 8 heteroatoms. The Balaban J connectivity index is 1.32. The average molecular weight is 481 g/mol. The van der Waals surface area contributed by atoms with Gasteiger partial charge in [0.25, 0.3) is 11.8 Å². The van der Waals surface area contributed by atoms with Gasteiger partial charge in [-0.25, -0.2) is 4.98 Å². The van der Waals surface area contributed by atoms with Crippen LogP contribution in [0.3, 0.4) is 0 Å². The zero-order valence-corrected chi connectivity index (χ0v) is 20.7. The number of carbonyl (C=O) groups is 2. The zero-order valence-electron chi connectivity index (χ0n) is 20.7. The van der Waals surface area contributed by atoms with E-state index in [-0.39, 0.29) is 23.3 Å². The van der Waals surface area contributed by atoms with E-state index in [1.807, 2.05) is 41.1 Å². The van der Waals surface area contributed by atoms with E-state index >= 15 is 0 Å². The first-order valence-corrected chi connectivity index (χ1v) is 12.9. The predicted molar refractivity (Wildman–Crippen MR) is 131 cm³/mol. The number of likely N-dealkylation sites (tertiary alicyclic amines) is 1. The average Bonchev–Trinajstić information content (AvgIpc) is 3.53. The van der Waals surface area contributed by atoms with Gasteiger partial charge in [0.15, 0.2) is 0 Å². The third kappa shape index (κ3) is 5.22. The highest BCUT2D eigenvalue weighted by atomic mass is 16.5. The Morgan fingerprint density at radius 2 is 1.91 bits per heavy atom. The van der Waals surface area contributed by atoms with Crippen LogP contribution in [-0.2, 0) is 11.8 Å². The molecule has 3 aliphatic rings. The number of aryl methyl sites for hydroxylation is 1. The van der Waals surface area contributed by atoms with Gasteiger partial charge in [0.2, 0.25) is 0 Å². The third-order valence-corrected chi connectivity index (χ3v) is 7.88. The fourth-order valence-corrected chi connectivity index (χ4v) is 5.69. The molecule has 2 aromatic rings. The van der Waals surface area contributed by atoms with Gasteiger partial charge >= 0.3 is 0 Å². The third-order valence-electron chi connectivity index (χ3n) is 7.88. The highest BCUT2D eigenvalue weighted by Gasteiger charge is 2.38. The lowest BCUT2D eigenvalue weighted by atomic mass is 9.75. The summed E-state index contributed by atoms with van der Waals surface area (Å²) in [5.41, 5.74) is 1.10. The van der Waals surface area contributed by atoms with Gasteiger partial charge in [-0.05, 0) is 50.7 Å². The number of nitrogens with zero attached hydrogens (tertiary/aromatic N) is 4. The van der Waals surface area contributed by atoms with Crippen molar-refractivity contribution >= 4 is 11.8 Å². The first-order valence-electron chi connectivity index (χ1n) is 12.9. The maximum Gasteiger partial charge on any atom is 0.274 e. The molecular weight excluding hydrogens is 444 g/mol. The van der Waals surface area contributed by atoms with Gasteiger partial charge in [-0.2, -0.15) is 0 Å². The number of fused-ring (bicyclic) bond motifs is 2. The number of rotatable bonds is 1. The van der Waals surface area contributed by atoms with E-state index in [9.17, 15) is 9.59 Å². The highest BCUT2D eigenvalue weighted by Crippen LogP contribution is 2.38. The highest BCUT2D eigenvalue weighted by molar-refractivity contribution is 5.97. The summed E-state index contributed by atoms with van der Waals surface area (Å²) >= 11 is 0. The van der Waals surface area contributed by atoms with Crippen molar-refractivity contribution in [3.63, 3.8) is 0 Å². The number of piperidine rings is 1. The van der Waals surface area contributed by atoms with Crippen LogP contribution in [0.4, 0.5) is 0 Å². The van der Waals surface area contributed by atoms with Crippen molar-refractivity contribution in [2.45, 2.75) is 51.0 Å². The quantitative estimate of drug-likeness (QED) is 0.624. The molecule has 0 N–H and O–H groups in total. The lowest BCUT2D eigenvalue weighted by Gasteiger charge is -2.42. The first-order chi connectivity index (χ1) is 17.0. The summed E-state index contributed by atoms with van der Waals surface area (Å²) < 4.78 is 14.2. The van der Waals surface area contributed by atoms with Gasteiger partial charge in [-0.15, -0.1) is 0 Å². The normalized spacial score (nSPS) is 23.3. The molecule has 2 fully saturated rings. The van der Waals surface area contributed by atoms with Crippen LogP contribution in [0.5, 0.6) is 5.75 Å². The molecule has 0 bridgehead atoms. The molecule has 5 rings (SSSR count). The van der Waals surface area contributed by atoms with Gasteiger partial charge in [0.1, 0.15) is 11.4 Å². The second-order valence-corrected chi connectivity index (χ2v) is 10.3. The van der Waals surface area contributed by atoms with Gasteiger partial charge in [0.05, 0.1) is 31.1 Å². The Morgan fingerprint density at radius 1 is 1.09 bits per heavy atom. The molecule has 8 nitrogen and oxygen atoms in total. The van der Waals surface area contributed by atoms with Gasteiger partial charge in [0, 0.05) is 44.9 Å². The summed E-state index contributed by atoms with van der Waals surface area (Å²) in [5, 5.41) is 0. The second kappa shape index (κ2) is 10.4. The Bertz CT molecular complexity index is 1040. The van der Waals surface area contributed by atoms with E-state index < -0.39 is 0 Å². The molecule has 188 valence electrons. The molecule has 1 aromatic heterocycles. The van der Waals surface area contributed by atoms with Crippen LogP contribution < -0.4 is 4.74 Å². The minimum Gasteiger partial charge on any atom is -0.492 e. The summed E-state index contributed by atoms with van der Waals surface area (Å²) in [5.74, 6) is 0.688. The van der Waals surface area contributed by atoms with Crippen molar-refractivity contribution in [1.82, 2.24) is 19.4 Å². The van der Waals surface area contributed by atoms with E-state index in [2.05, 4.69) is 4.98 Å². The number of ether oxygens (including phenoxy) is 2. The summed E-state index contributed by atoms with van der Waals surface area (Å²) in [6.07, 6.45) is 10.3. The fraction of sp³-hybridized carbons (Fsp3) is 0.593. The maximum atomic E-state index is 13.4. The van der Waals surface area contributed by atoms with Crippen LogP contribution in [0.15, 0.2) is 36.8 Å². The van der Waals surface area contributed by atoms with Crippen molar-refractivity contribution in [2.24, 2.45) is 12.5 Å². The van der Waals surface area contributed by atoms with E-state index in [1.165, 1.54) is 0 Å². The number of hydrogen-bond acceptors (Lipinski definition) is 5. The summed E-state index contributed by atoms with van der Waals surface area (Å²) in [6, 6.07) is 7.77. The molecule has 2 saturated heterocycles. The molecule has 0 radical (unpaired) electrons. The van der Waals surface area contributed by atoms with Crippen molar-refractivity contribution in [3.05, 3.63) is 48.0 Å². The van der Waals surface area contributed by atoms with Crippen LogP contribution in [0.25, 0.3) is 0 Å². The van der Waals surface area contributed by atoms with Crippen molar-refractivity contribution < 1.29 is 19.1 Å². The molecule has 0 saturated carbocycles. The molecule has 1 spiro atoms. The Hall–Kier alpha value is -2.87. The number of hydrogen-bond donors (Lipinski definition) is 0. The monoisotopic (exact) mass is 480 g/mol. The SMILES string of the molecule is Cn1cnc(C(=O)N2CCC3(CCCCOC[C@@H]4CCCN4C(=O)c4ccccc4OC3)CC2)c1. The minimum atomic E-state index is -0.0304. The Morgan fingerprint density at radius 3 is 2.71 bits per heavy atom. The van der Waals surface area contributed by atoms with Crippen molar-refractivity contribution in [2.75, 3.05) is 39.5 Å². The number of carbonyl (C=O) groups excluding carboxylic acids is 2. The molecule has 2 amide bonds. The summed E-state index contributed by atoms with van der Waals surface area (Å²) in [4.78, 5) is 34.5. The Labute approximate surface area is 207 Å². The van der Waals surface area contributed by atoms with E-state index in [1.54, 1.807) is 17.1 Å². The fourth-order valence-electron chi connectivity index (χ4n) is 5.69. The van der Waals surface area contributed by atoms with Crippen molar-refractivity contribution in [1.29, 1.82) is 0 Å². The molecule has 1 aromatic carbocycles. The minimum absolute atomic E-state index is 0.00762. The van der Waals surface area contributed by atoms with E-state index in [4.69, 9.17) is 9.47 Å². The first kappa shape index (κ1) is 23.9. The summed E-state index contributed by atoms with van der Waals surface area (Å²) in [7, 11) is 1.87. The van der Waals surface area contributed by atoms with Gasteiger partial charge in [-0.1, -0.05) is 18.6 Å². The number of aromatic nitrogens is 2. The summed E-state index contributed by atoms with van der Waals surface area (Å²) in [6.45, 7) is 4.01. The molecule has 4 heterocycles. The van der Waals surface area contributed by atoms with Gasteiger partial charge < -0.3 is 23.8 Å². The van der Waals surface area contributed by atoms with E-state index in [0.717, 1.165) is 58.1 Å². The van der Waals surface area contributed by atoms with Crippen LogP contribution in [0.2, 0.25) is 0 Å².